The molecule has 1 N–H and O–H groups in total. The number of esters is 1. The number of halogens is 1. The molecule has 1 saturated carbocycles. The van der Waals surface area contributed by atoms with Crippen molar-refractivity contribution >= 4 is 11.9 Å². The van der Waals surface area contributed by atoms with Gasteiger partial charge in [0.2, 0.25) is 5.88 Å². The SMILES string of the molecule is COc1cc(-c2cc(C)c(OC(=O)c3cccc([C@H](C4CC4)[C@H](C)C(=O)O)c3)cc2CN(C(C)C)C(C)C)c(F)cn1. The molecule has 0 saturated heterocycles. The Morgan fingerprint density at radius 2 is 1.74 bits per heavy atom. The topological polar surface area (TPSA) is 89.0 Å². The van der Waals surface area contributed by atoms with Gasteiger partial charge in [-0.3, -0.25) is 9.69 Å². The molecular weight excluding hydrogens is 535 g/mol. The number of rotatable bonds is 12. The zero-order valence-electron chi connectivity index (χ0n) is 25.5. The van der Waals surface area contributed by atoms with E-state index in [0.29, 0.717) is 46.3 Å². The Morgan fingerprint density at radius 3 is 2.33 bits per heavy atom. The van der Waals surface area contributed by atoms with Crippen LogP contribution in [0, 0.1) is 24.6 Å². The minimum Gasteiger partial charge on any atom is -0.481 e. The zero-order chi connectivity index (χ0) is 30.7. The van der Waals surface area contributed by atoms with E-state index in [9.17, 15) is 14.7 Å². The quantitative estimate of drug-likeness (QED) is 0.179. The van der Waals surface area contributed by atoms with Gasteiger partial charge in [-0.05, 0) is 106 Å². The lowest BCUT2D eigenvalue weighted by molar-refractivity contribution is -0.142. The first-order valence-corrected chi connectivity index (χ1v) is 14.5. The standard InChI is InChI=1S/C34H41FN2O5/c1-19(2)37(20(3)4)18-26-15-30(21(5)13-27(26)28-16-31(41-7)36-17-29(28)35)42-34(40)25-10-8-9-24(14-25)32(23-11-12-23)22(6)33(38)39/h8-10,13-17,19-20,22-23,32H,11-12,18H2,1-7H3,(H,38,39)/t22-,32-/m0/s1. The molecule has 0 spiro atoms. The van der Waals surface area contributed by atoms with Gasteiger partial charge in [0.1, 0.15) is 11.6 Å². The molecule has 0 radical (unpaired) electrons. The van der Waals surface area contributed by atoms with E-state index in [0.717, 1.165) is 30.2 Å². The highest BCUT2D eigenvalue weighted by atomic mass is 19.1. The Bertz CT molecular complexity index is 1440. The van der Waals surface area contributed by atoms with Crippen molar-refractivity contribution < 1.29 is 28.6 Å². The maximum atomic E-state index is 15.1. The van der Waals surface area contributed by atoms with Gasteiger partial charge >= 0.3 is 11.9 Å². The van der Waals surface area contributed by atoms with Crippen LogP contribution in [0.2, 0.25) is 0 Å². The van der Waals surface area contributed by atoms with Crippen molar-refractivity contribution in [2.45, 2.75) is 78.9 Å². The lowest BCUT2D eigenvalue weighted by Gasteiger charge is -2.31. The highest BCUT2D eigenvalue weighted by Crippen LogP contribution is 2.47. The molecule has 42 heavy (non-hydrogen) atoms. The third-order valence-electron chi connectivity index (χ3n) is 8.18. The first kappa shape index (κ1) is 31.2. The van der Waals surface area contributed by atoms with Gasteiger partial charge < -0.3 is 14.6 Å². The van der Waals surface area contributed by atoms with Gasteiger partial charge in [-0.25, -0.2) is 14.2 Å². The molecule has 0 aliphatic heterocycles. The number of carboxylic acid groups (broad SMARTS) is 1. The van der Waals surface area contributed by atoms with Gasteiger partial charge in [0.15, 0.2) is 0 Å². The average molecular weight is 577 g/mol. The number of hydrogen-bond acceptors (Lipinski definition) is 6. The van der Waals surface area contributed by atoms with Crippen LogP contribution >= 0.6 is 0 Å². The molecule has 0 amide bonds. The molecule has 1 heterocycles. The summed E-state index contributed by atoms with van der Waals surface area (Å²) in [4.78, 5) is 31.5. The first-order valence-electron chi connectivity index (χ1n) is 14.5. The van der Waals surface area contributed by atoms with Gasteiger partial charge in [-0.15, -0.1) is 0 Å². The fourth-order valence-electron chi connectivity index (χ4n) is 5.73. The van der Waals surface area contributed by atoms with E-state index in [4.69, 9.17) is 9.47 Å². The molecule has 0 unspecified atom stereocenters. The fourth-order valence-corrected chi connectivity index (χ4v) is 5.73. The van der Waals surface area contributed by atoms with Crippen molar-refractivity contribution in [2.24, 2.45) is 11.8 Å². The van der Waals surface area contributed by atoms with Crippen molar-refractivity contribution in [1.29, 1.82) is 0 Å². The Morgan fingerprint density at radius 1 is 1.05 bits per heavy atom. The second kappa shape index (κ2) is 13.0. The molecule has 1 fully saturated rings. The molecule has 0 bridgehead atoms. The van der Waals surface area contributed by atoms with Crippen LogP contribution < -0.4 is 9.47 Å². The number of carboxylic acids is 1. The monoisotopic (exact) mass is 576 g/mol. The summed E-state index contributed by atoms with van der Waals surface area (Å²) in [7, 11) is 1.49. The van der Waals surface area contributed by atoms with Crippen LogP contribution in [0.5, 0.6) is 11.6 Å². The average Bonchev–Trinajstić information content (AvgIpc) is 3.78. The molecule has 2 aromatic carbocycles. The Hall–Kier alpha value is -3.78. The fraction of sp³-hybridized carbons (Fsp3) is 0.441. The molecular formula is C34H41FN2O5. The summed E-state index contributed by atoms with van der Waals surface area (Å²) in [5.41, 5.74) is 3.70. The normalized spacial score (nSPS) is 14.7. The number of carbonyl (C=O) groups excluding carboxylic acids is 1. The molecule has 1 aromatic heterocycles. The van der Waals surface area contributed by atoms with Gasteiger partial charge in [0.25, 0.3) is 0 Å². The maximum absolute atomic E-state index is 15.1. The van der Waals surface area contributed by atoms with Crippen molar-refractivity contribution in [3.8, 4) is 22.8 Å². The van der Waals surface area contributed by atoms with Gasteiger partial charge in [0.05, 0.1) is 24.8 Å². The number of aryl methyl sites for hydroxylation is 1. The first-order chi connectivity index (χ1) is 19.9. The van der Waals surface area contributed by atoms with Crippen molar-refractivity contribution in [2.75, 3.05) is 7.11 Å². The van der Waals surface area contributed by atoms with Gasteiger partial charge in [-0.1, -0.05) is 19.1 Å². The third kappa shape index (κ3) is 6.98. The lowest BCUT2D eigenvalue weighted by Crippen LogP contribution is -2.36. The summed E-state index contributed by atoms with van der Waals surface area (Å²) in [6.07, 6.45) is 3.12. The van der Waals surface area contributed by atoms with Crippen LogP contribution in [-0.2, 0) is 11.3 Å². The van der Waals surface area contributed by atoms with Crippen LogP contribution in [0.15, 0.2) is 48.7 Å². The van der Waals surface area contributed by atoms with Gasteiger partial charge in [-0.2, -0.15) is 0 Å². The summed E-state index contributed by atoms with van der Waals surface area (Å²) in [6, 6.07) is 12.8. The van der Waals surface area contributed by atoms with E-state index < -0.39 is 23.7 Å². The number of carbonyl (C=O) groups is 2. The predicted octanol–water partition coefficient (Wildman–Crippen LogP) is 7.26. The molecule has 2 atom stereocenters. The van der Waals surface area contributed by atoms with E-state index in [1.54, 1.807) is 31.2 Å². The number of pyridine rings is 1. The molecule has 1 aliphatic carbocycles. The molecule has 4 rings (SSSR count). The van der Waals surface area contributed by atoms with Crippen molar-refractivity contribution in [3.05, 3.63) is 76.7 Å². The molecule has 7 nitrogen and oxygen atoms in total. The number of ether oxygens (including phenoxy) is 2. The van der Waals surface area contributed by atoms with Crippen LogP contribution in [-0.4, -0.2) is 46.1 Å². The number of aliphatic carboxylic acids is 1. The number of methoxy groups -OCH3 is 1. The van der Waals surface area contributed by atoms with Crippen molar-refractivity contribution in [3.63, 3.8) is 0 Å². The lowest BCUT2D eigenvalue weighted by atomic mass is 9.83. The van der Waals surface area contributed by atoms with Crippen LogP contribution in [0.25, 0.3) is 11.1 Å². The predicted molar refractivity (Wildman–Crippen MR) is 160 cm³/mol. The minimum atomic E-state index is -0.844. The number of nitrogens with zero attached hydrogens (tertiary/aromatic N) is 2. The minimum absolute atomic E-state index is 0.159. The van der Waals surface area contributed by atoms with Crippen LogP contribution in [0.4, 0.5) is 4.39 Å². The molecule has 3 aromatic rings. The summed E-state index contributed by atoms with van der Waals surface area (Å²) in [5.74, 6) is -1.57. The second-order valence-corrected chi connectivity index (χ2v) is 11.8. The smallest absolute Gasteiger partial charge is 0.343 e. The van der Waals surface area contributed by atoms with E-state index in [2.05, 4.69) is 37.6 Å². The van der Waals surface area contributed by atoms with E-state index in [-0.39, 0.29) is 18.0 Å². The Labute approximate surface area is 247 Å². The number of aromatic nitrogens is 1. The largest absolute Gasteiger partial charge is 0.481 e. The molecule has 8 heteroatoms. The molecule has 1 aliphatic rings. The second-order valence-electron chi connectivity index (χ2n) is 11.8. The van der Waals surface area contributed by atoms with E-state index in [1.807, 2.05) is 25.1 Å². The summed E-state index contributed by atoms with van der Waals surface area (Å²) in [6.45, 7) is 12.5. The maximum Gasteiger partial charge on any atom is 0.343 e. The summed E-state index contributed by atoms with van der Waals surface area (Å²) < 4.78 is 26.3. The number of hydrogen-bond donors (Lipinski definition) is 1. The highest BCUT2D eigenvalue weighted by Gasteiger charge is 2.38. The third-order valence-corrected chi connectivity index (χ3v) is 8.18. The highest BCUT2D eigenvalue weighted by molar-refractivity contribution is 5.91. The van der Waals surface area contributed by atoms with Crippen molar-refractivity contribution in [1.82, 2.24) is 9.88 Å². The van der Waals surface area contributed by atoms with Gasteiger partial charge in [0, 0.05) is 30.3 Å². The van der Waals surface area contributed by atoms with E-state index >= 15 is 4.39 Å². The number of benzene rings is 2. The van der Waals surface area contributed by atoms with E-state index in [1.165, 1.54) is 7.11 Å². The molecule has 224 valence electrons. The Balaban J connectivity index is 1.72. The zero-order valence-corrected chi connectivity index (χ0v) is 25.5. The van der Waals surface area contributed by atoms with Crippen LogP contribution in [0.1, 0.15) is 80.4 Å². The summed E-state index contributed by atoms with van der Waals surface area (Å²) in [5, 5.41) is 9.67. The Kier molecular flexibility index (Phi) is 9.67. The van der Waals surface area contributed by atoms with Crippen LogP contribution in [0.3, 0.4) is 0 Å². The summed E-state index contributed by atoms with van der Waals surface area (Å²) >= 11 is 0.